The van der Waals surface area contributed by atoms with Crippen molar-refractivity contribution in [1.82, 2.24) is 5.32 Å². The first kappa shape index (κ1) is 13.5. The Hall–Kier alpha value is -1.90. The fourth-order valence-electron chi connectivity index (χ4n) is 2.10. The number of carbonyl (C=O) groups is 1. The van der Waals surface area contributed by atoms with E-state index in [-0.39, 0.29) is 5.91 Å². The average molecular weight is 257 g/mol. The van der Waals surface area contributed by atoms with E-state index in [0.29, 0.717) is 6.54 Å². The average Bonchev–Trinajstić information content (AvgIpc) is 2.43. The van der Waals surface area contributed by atoms with Crippen molar-refractivity contribution in [2.45, 2.75) is 32.7 Å². The van der Waals surface area contributed by atoms with E-state index in [1.807, 2.05) is 35.2 Å². The van der Waals surface area contributed by atoms with Crippen LogP contribution in [-0.4, -0.2) is 12.5 Å². The van der Waals surface area contributed by atoms with Crippen LogP contribution in [0, 0.1) is 0 Å². The number of hydrogen-bond acceptors (Lipinski definition) is 1. The number of amides is 1. The van der Waals surface area contributed by atoms with Gasteiger partial charge in [0.05, 0.1) is 0 Å². The number of benzene rings is 1. The molecule has 19 heavy (non-hydrogen) atoms. The molecule has 1 amide bonds. The molecular weight excluding hydrogens is 236 g/mol. The zero-order chi connectivity index (χ0) is 13.5. The second-order valence-corrected chi connectivity index (χ2v) is 4.80. The second-order valence-electron chi connectivity index (χ2n) is 4.80. The van der Waals surface area contributed by atoms with Gasteiger partial charge in [-0.1, -0.05) is 38.0 Å². The Kier molecular flexibility index (Phi) is 4.90. The molecule has 1 heterocycles. The molecule has 2 aromatic rings. The lowest BCUT2D eigenvalue weighted by molar-refractivity contribution is -0.683. The van der Waals surface area contributed by atoms with Gasteiger partial charge in [0.25, 0.3) is 5.91 Å². The van der Waals surface area contributed by atoms with Gasteiger partial charge in [-0.05, 0) is 17.9 Å². The highest BCUT2D eigenvalue weighted by Crippen LogP contribution is 2.09. The Morgan fingerprint density at radius 1 is 1.16 bits per heavy atom. The predicted molar refractivity (Wildman–Crippen MR) is 76.7 cm³/mol. The maximum Gasteiger partial charge on any atom is 0.285 e. The topological polar surface area (TPSA) is 33.0 Å². The molecule has 1 aromatic heterocycles. The van der Waals surface area contributed by atoms with Crippen LogP contribution in [-0.2, 0) is 11.3 Å². The Balaban J connectivity index is 1.91. The van der Waals surface area contributed by atoms with Crippen LogP contribution in [0.25, 0.3) is 10.8 Å². The third-order valence-electron chi connectivity index (χ3n) is 3.18. The van der Waals surface area contributed by atoms with Gasteiger partial charge in [-0.3, -0.25) is 4.79 Å². The third-order valence-corrected chi connectivity index (χ3v) is 3.18. The number of fused-ring (bicyclic) bond motifs is 1. The van der Waals surface area contributed by atoms with Crippen molar-refractivity contribution in [2.75, 3.05) is 6.54 Å². The van der Waals surface area contributed by atoms with Crippen molar-refractivity contribution < 1.29 is 9.36 Å². The molecule has 0 saturated carbocycles. The summed E-state index contributed by atoms with van der Waals surface area (Å²) in [5, 5.41) is 5.31. The SMILES string of the molecule is CCCCCNC(=O)C[n+]1ccc2ccccc2c1. The molecule has 0 atom stereocenters. The minimum absolute atomic E-state index is 0.0800. The molecule has 3 heteroatoms. The van der Waals surface area contributed by atoms with Crippen LogP contribution in [0.3, 0.4) is 0 Å². The summed E-state index contributed by atoms with van der Waals surface area (Å²) in [7, 11) is 0. The molecule has 2 rings (SSSR count). The fourth-order valence-corrected chi connectivity index (χ4v) is 2.10. The number of unbranched alkanes of at least 4 members (excludes halogenated alkanes) is 2. The van der Waals surface area contributed by atoms with E-state index in [0.717, 1.165) is 18.4 Å². The zero-order valence-electron chi connectivity index (χ0n) is 11.4. The lowest BCUT2D eigenvalue weighted by Gasteiger charge is -2.02. The number of carbonyl (C=O) groups excluding carboxylic acids is 1. The molecule has 0 aliphatic rings. The predicted octanol–water partition coefficient (Wildman–Crippen LogP) is 2.43. The summed E-state index contributed by atoms with van der Waals surface area (Å²) >= 11 is 0. The quantitative estimate of drug-likeness (QED) is 0.626. The molecule has 100 valence electrons. The van der Waals surface area contributed by atoms with Crippen molar-refractivity contribution in [3.8, 4) is 0 Å². The molecule has 0 spiro atoms. The number of aromatic nitrogens is 1. The van der Waals surface area contributed by atoms with E-state index in [4.69, 9.17) is 0 Å². The Labute approximate surface area is 114 Å². The fraction of sp³-hybridized carbons (Fsp3) is 0.375. The first-order chi connectivity index (χ1) is 9.29. The third kappa shape index (κ3) is 4.05. The van der Waals surface area contributed by atoms with Crippen molar-refractivity contribution >= 4 is 16.7 Å². The lowest BCUT2D eigenvalue weighted by atomic mass is 10.2. The highest BCUT2D eigenvalue weighted by Gasteiger charge is 2.09. The van der Waals surface area contributed by atoms with Gasteiger partial charge >= 0.3 is 0 Å². The Morgan fingerprint density at radius 2 is 1.95 bits per heavy atom. The van der Waals surface area contributed by atoms with E-state index < -0.39 is 0 Å². The highest BCUT2D eigenvalue weighted by atomic mass is 16.1. The summed E-state index contributed by atoms with van der Waals surface area (Å²) in [5.74, 6) is 0.0800. The van der Waals surface area contributed by atoms with Gasteiger partial charge in [-0.25, -0.2) is 0 Å². The molecule has 1 aromatic carbocycles. The number of rotatable bonds is 6. The minimum Gasteiger partial charge on any atom is -0.351 e. The van der Waals surface area contributed by atoms with Crippen LogP contribution in [0.5, 0.6) is 0 Å². The van der Waals surface area contributed by atoms with Gasteiger partial charge in [-0.15, -0.1) is 0 Å². The van der Waals surface area contributed by atoms with Crippen LogP contribution in [0.15, 0.2) is 42.7 Å². The van der Waals surface area contributed by atoms with E-state index in [1.54, 1.807) is 0 Å². The van der Waals surface area contributed by atoms with Gasteiger partial charge < -0.3 is 5.32 Å². The molecule has 0 fully saturated rings. The minimum atomic E-state index is 0.0800. The van der Waals surface area contributed by atoms with Gasteiger partial charge in [0.15, 0.2) is 12.4 Å². The number of nitrogens with one attached hydrogen (secondary N) is 1. The smallest absolute Gasteiger partial charge is 0.285 e. The van der Waals surface area contributed by atoms with Gasteiger partial charge in [-0.2, -0.15) is 4.57 Å². The van der Waals surface area contributed by atoms with E-state index in [9.17, 15) is 4.79 Å². The molecule has 0 radical (unpaired) electrons. The Bertz CT molecular complexity index is 551. The highest BCUT2D eigenvalue weighted by molar-refractivity contribution is 5.80. The van der Waals surface area contributed by atoms with Crippen molar-refractivity contribution in [1.29, 1.82) is 0 Å². The van der Waals surface area contributed by atoms with Crippen LogP contribution in [0.4, 0.5) is 0 Å². The summed E-state index contributed by atoms with van der Waals surface area (Å²) in [5.41, 5.74) is 0. The van der Waals surface area contributed by atoms with Crippen LogP contribution >= 0.6 is 0 Å². The van der Waals surface area contributed by atoms with Gasteiger partial charge in [0.1, 0.15) is 0 Å². The molecule has 1 N–H and O–H groups in total. The van der Waals surface area contributed by atoms with Crippen molar-refractivity contribution in [2.24, 2.45) is 0 Å². The summed E-state index contributed by atoms with van der Waals surface area (Å²) in [6.45, 7) is 3.32. The molecule has 0 unspecified atom stereocenters. The number of pyridine rings is 1. The van der Waals surface area contributed by atoms with E-state index in [2.05, 4.69) is 24.4 Å². The lowest BCUT2D eigenvalue weighted by Crippen LogP contribution is -2.42. The molecule has 0 saturated heterocycles. The number of hydrogen-bond donors (Lipinski definition) is 1. The van der Waals surface area contributed by atoms with Crippen LogP contribution in [0.1, 0.15) is 26.2 Å². The summed E-state index contributed by atoms with van der Waals surface area (Å²) < 4.78 is 1.93. The van der Waals surface area contributed by atoms with Crippen molar-refractivity contribution in [3.63, 3.8) is 0 Å². The second kappa shape index (κ2) is 6.88. The zero-order valence-corrected chi connectivity index (χ0v) is 11.4. The molecule has 3 nitrogen and oxygen atoms in total. The summed E-state index contributed by atoms with van der Waals surface area (Å²) in [6.07, 6.45) is 7.37. The van der Waals surface area contributed by atoms with E-state index >= 15 is 0 Å². The summed E-state index contributed by atoms with van der Waals surface area (Å²) in [4.78, 5) is 11.8. The standard InChI is InChI=1S/C16H20N2O/c1-2-3-6-10-17-16(19)13-18-11-9-14-7-4-5-8-15(14)12-18/h4-5,7-9,11-12H,2-3,6,10,13H2,1H3/p+1. The first-order valence-corrected chi connectivity index (χ1v) is 6.94. The monoisotopic (exact) mass is 257 g/mol. The Morgan fingerprint density at radius 3 is 2.74 bits per heavy atom. The maximum atomic E-state index is 11.8. The van der Waals surface area contributed by atoms with Crippen LogP contribution in [0.2, 0.25) is 0 Å². The van der Waals surface area contributed by atoms with Gasteiger partial charge in [0.2, 0.25) is 6.54 Å². The largest absolute Gasteiger partial charge is 0.351 e. The molecular formula is C16H21N2O+. The van der Waals surface area contributed by atoms with E-state index in [1.165, 1.54) is 18.2 Å². The van der Waals surface area contributed by atoms with Gasteiger partial charge in [0, 0.05) is 18.0 Å². The number of nitrogens with zero attached hydrogens (tertiary/aromatic N) is 1. The molecule has 0 aliphatic carbocycles. The van der Waals surface area contributed by atoms with Crippen LogP contribution < -0.4 is 9.88 Å². The first-order valence-electron chi connectivity index (χ1n) is 6.94. The van der Waals surface area contributed by atoms with Crippen molar-refractivity contribution in [3.05, 3.63) is 42.7 Å². The molecule has 0 bridgehead atoms. The summed E-state index contributed by atoms with van der Waals surface area (Å²) in [6, 6.07) is 10.2. The maximum absolute atomic E-state index is 11.8. The normalized spacial score (nSPS) is 10.6. The molecule has 0 aliphatic heterocycles.